The molecular formula is C23H30O2S. The maximum atomic E-state index is 13.1. The molecule has 0 aliphatic rings. The number of carbonyl (C=O) groups excluding carboxylic acids is 1. The summed E-state index contributed by atoms with van der Waals surface area (Å²) in [5.74, 6) is 2.79. The molecule has 0 N–H and O–H groups in total. The van der Waals surface area contributed by atoms with E-state index in [1.165, 1.54) is 19.3 Å². The first-order valence-electron chi connectivity index (χ1n) is 9.40. The third-order valence-corrected chi connectivity index (χ3v) is 5.95. The molecule has 26 heavy (non-hydrogen) atoms. The van der Waals surface area contributed by atoms with E-state index in [1.807, 2.05) is 54.6 Å². The third kappa shape index (κ3) is 6.21. The van der Waals surface area contributed by atoms with Crippen molar-refractivity contribution in [2.24, 2.45) is 5.41 Å². The largest absolute Gasteiger partial charge is 0.457 e. The van der Waals surface area contributed by atoms with Gasteiger partial charge in [0.05, 0.1) is 5.25 Å². The molecule has 0 bridgehead atoms. The number of benzene rings is 2. The van der Waals surface area contributed by atoms with Crippen molar-refractivity contribution in [1.82, 2.24) is 0 Å². The van der Waals surface area contributed by atoms with Gasteiger partial charge >= 0.3 is 0 Å². The highest BCUT2D eigenvalue weighted by atomic mass is 32.2. The van der Waals surface area contributed by atoms with Crippen molar-refractivity contribution in [3.63, 3.8) is 0 Å². The number of thioether (sulfide) groups is 1. The van der Waals surface area contributed by atoms with Gasteiger partial charge in [0.1, 0.15) is 11.5 Å². The molecule has 2 aromatic rings. The molecule has 1 unspecified atom stereocenters. The number of rotatable bonds is 9. The fraction of sp³-hybridized carbons (Fsp3) is 0.435. The van der Waals surface area contributed by atoms with E-state index < -0.39 is 0 Å². The van der Waals surface area contributed by atoms with E-state index in [0.29, 0.717) is 0 Å². The zero-order valence-corrected chi connectivity index (χ0v) is 17.1. The molecule has 0 heterocycles. The van der Waals surface area contributed by atoms with E-state index in [1.54, 1.807) is 11.8 Å². The quantitative estimate of drug-likeness (QED) is 0.351. The molecule has 0 spiro atoms. The Balaban J connectivity index is 2.05. The second-order valence-corrected chi connectivity index (χ2v) is 8.84. The summed E-state index contributed by atoms with van der Waals surface area (Å²) in [6, 6.07) is 17.2. The fourth-order valence-corrected chi connectivity index (χ4v) is 4.13. The Morgan fingerprint density at radius 1 is 0.962 bits per heavy atom. The topological polar surface area (TPSA) is 26.3 Å². The van der Waals surface area contributed by atoms with E-state index in [9.17, 15) is 4.79 Å². The molecule has 2 nitrogen and oxygen atoms in total. The van der Waals surface area contributed by atoms with Crippen LogP contribution in [0, 0.1) is 5.41 Å². The van der Waals surface area contributed by atoms with Gasteiger partial charge in [0.15, 0.2) is 5.78 Å². The highest BCUT2D eigenvalue weighted by molar-refractivity contribution is 8.00. The lowest BCUT2D eigenvalue weighted by molar-refractivity contribution is 0.0950. The van der Waals surface area contributed by atoms with Crippen LogP contribution in [0.15, 0.2) is 54.6 Å². The average molecular weight is 371 g/mol. The van der Waals surface area contributed by atoms with Crippen molar-refractivity contribution in [3.8, 4) is 11.5 Å². The van der Waals surface area contributed by atoms with E-state index in [4.69, 9.17) is 4.74 Å². The fourth-order valence-electron chi connectivity index (χ4n) is 2.74. The summed E-state index contributed by atoms with van der Waals surface area (Å²) in [7, 11) is 0. The number of hydrogen-bond acceptors (Lipinski definition) is 3. The van der Waals surface area contributed by atoms with Crippen LogP contribution in [-0.4, -0.2) is 16.8 Å². The first-order chi connectivity index (χ1) is 12.4. The molecule has 0 saturated heterocycles. The molecule has 0 aliphatic carbocycles. The minimum atomic E-state index is -0.0623. The Morgan fingerprint density at radius 3 is 2.15 bits per heavy atom. The molecule has 0 amide bonds. The summed E-state index contributed by atoms with van der Waals surface area (Å²) in [4.78, 5) is 13.1. The second kappa shape index (κ2) is 9.82. The van der Waals surface area contributed by atoms with Gasteiger partial charge < -0.3 is 4.74 Å². The van der Waals surface area contributed by atoms with E-state index in [-0.39, 0.29) is 16.4 Å². The molecule has 2 aromatic carbocycles. The van der Waals surface area contributed by atoms with Gasteiger partial charge in [-0.1, -0.05) is 58.7 Å². The molecule has 3 heteroatoms. The van der Waals surface area contributed by atoms with Crippen LogP contribution in [0.4, 0.5) is 0 Å². The lowest BCUT2D eigenvalue weighted by atomic mass is 9.87. The summed E-state index contributed by atoms with van der Waals surface area (Å²) >= 11 is 1.80. The van der Waals surface area contributed by atoms with Gasteiger partial charge in [-0.2, -0.15) is 0 Å². The zero-order valence-electron chi connectivity index (χ0n) is 16.3. The van der Waals surface area contributed by atoms with Crippen LogP contribution < -0.4 is 4.74 Å². The van der Waals surface area contributed by atoms with Crippen LogP contribution in [0.2, 0.25) is 0 Å². The first kappa shape index (κ1) is 20.6. The minimum absolute atomic E-state index is 0.0275. The number of para-hydroxylation sites is 1. The predicted octanol–water partition coefficient (Wildman–Crippen LogP) is 7.00. The molecule has 0 aliphatic heterocycles. The zero-order chi connectivity index (χ0) is 19.0. The summed E-state index contributed by atoms with van der Waals surface area (Å²) < 4.78 is 5.82. The van der Waals surface area contributed by atoms with Crippen LogP contribution in [-0.2, 0) is 0 Å². The SMILES string of the molecule is CCCCCSC(C(=O)c1ccc(Oc2ccccc2)cc1)C(C)(C)C. The number of ketones is 1. The highest BCUT2D eigenvalue weighted by Crippen LogP contribution is 2.34. The molecule has 2 rings (SSSR count). The minimum Gasteiger partial charge on any atom is -0.457 e. The van der Waals surface area contributed by atoms with Crippen molar-refractivity contribution in [2.75, 3.05) is 5.75 Å². The number of hydrogen-bond donors (Lipinski definition) is 0. The molecule has 140 valence electrons. The third-order valence-electron chi connectivity index (χ3n) is 4.17. The van der Waals surface area contributed by atoms with Crippen molar-refractivity contribution in [1.29, 1.82) is 0 Å². The maximum Gasteiger partial charge on any atom is 0.176 e. The van der Waals surface area contributed by atoms with E-state index >= 15 is 0 Å². The lowest BCUT2D eigenvalue weighted by Gasteiger charge is -2.29. The summed E-state index contributed by atoms with van der Waals surface area (Å²) in [6.07, 6.45) is 3.60. The monoisotopic (exact) mass is 370 g/mol. The molecular weight excluding hydrogens is 340 g/mol. The molecule has 0 fully saturated rings. The van der Waals surface area contributed by atoms with E-state index in [2.05, 4.69) is 27.7 Å². The van der Waals surface area contributed by atoms with Gasteiger partial charge in [-0.3, -0.25) is 4.79 Å². The Morgan fingerprint density at radius 2 is 1.58 bits per heavy atom. The van der Waals surface area contributed by atoms with Crippen LogP contribution in [0.5, 0.6) is 11.5 Å². The Kier molecular flexibility index (Phi) is 7.77. The van der Waals surface area contributed by atoms with Gasteiger partial charge in [-0.25, -0.2) is 0 Å². The summed E-state index contributed by atoms with van der Waals surface area (Å²) in [5.41, 5.74) is 0.695. The van der Waals surface area contributed by atoms with Gasteiger partial charge in [0, 0.05) is 5.56 Å². The van der Waals surface area contributed by atoms with E-state index in [0.717, 1.165) is 22.8 Å². The summed E-state index contributed by atoms with van der Waals surface area (Å²) in [6.45, 7) is 8.65. The molecule has 0 saturated carbocycles. The van der Waals surface area contributed by atoms with Gasteiger partial charge in [-0.05, 0) is 54.0 Å². The Labute approximate surface area is 162 Å². The standard InChI is InChI=1S/C23H30O2S/c1-5-6-10-17-26-22(23(2,3)4)21(24)18-13-15-20(16-14-18)25-19-11-8-7-9-12-19/h7-9,11-16,22H,5-6,10,17H2,1-4H3. The Hall–Kier alpha value is -1.74. The average Bonchev–Trinajstić information content (AvgIpc) is 2.62. The Bertz CT molecular complexity index is 672. The molecule has 0 radical (unpaired) electrons. The number of Topliss-reactive ketones (excluding diaryl/α,β-unsaturated/α-hetero) is 1. The number of carbonyl (C=O) groups is 1. The van der Waals surface area contributed by atoms with Crippen LogP contribution >= 0.6 is 11.8 Å². The number of unbranched alkanes of at least 4 members (excludes halogenated alkanes) is 2. The van der Waals surface area contributed by atoms with Gasteiger partial charge in [-0.15, -0.1) is 11.8 Å². The smallest absolute Gasteiger partial charge is 0.176 e. The highest BCUT2D eigenvalue weighted by Gasteiger charge is 2.32. The number of ether oxygens (including phenoxy) is 1. The van der Waals surface area contributed by atoms with Crippen LogP contribution in [0.25, 0.3) is 0 Å². The van der Waals surface area contributed by atoms with Gasteiger partial charge in [0.2, 0.25) is 0 Å². The first-order valence-corrected chi connectivity index (χ1v) is 10.5. The maximum absolute atomic E-state index is 13.1. The van der Waals surface area contributed by atoms with Crippen LogP contribution in [0.3, 0.4) is 0 Å². The van der Waals surface area contributed by atoms with Crippen molar-refractivity contribution >= 4 is 17.5 Å². The van der Waals surface area contributed by atoms with Crippen molar-refractivity contribution in [3.05, 3.63) is 60.2 Å². The molecule has 1 atom stereocenters. The van der Waals surface area contributed by atoms with Crippen molar-refractivity contribution < 1.29 is 9.53 Å². The normalized spacial score (nSPS) is 12.6. The van der Waals surface area contributed by atoms with Crippen LogP contribution in [0.1, 0.15) is 57.3 Å². The second-order valence-electron chi connectivity index (χ2n) is 7.63. The predicted molar refractivity (Wildman–Crippen MR) is 113 cm³/mol. The lowest BCUT2D eigenvalue weighted by Crippen LogP contribution is -2.32. The molecule has 0 aromatic heterocycles. The summed E-state index contributed by atoms with van der Waals surface area (Å²) in [5, 5.41) is -0.0275. The van der Waals surface area contributed by atoms with Gasteiger partial charge in [0.25, 0.3) is 0 Å². The van der Waals surface area contributed by atoms with Crippen molar-refractivity contribution in [2.45, 2.75) is 52.2 Å².